The SMILES string of the molecule is COC(=O)c1c[nH]c(=O)c2c1CCC2. The van der Waals surface area contributed by atoms with Crippen molar-refractivity contribution < 1.29 is 9.53 Å². The number of carbonyl (C=O) groups is 1. The molecule has 0 aromatic carbocycles. The zero-order valence-electron chi connectivity index (χ0n) is 7.92. The molecule has 1 aliphatic rings. The van der Waals surface area contributed by atoms with Gasteiger partial charge in [-0.25, -0.2) is 4.79 Å². The number of nitrogens with one attached hydrogen (secondary N) is 1. The largest absolute Gasteiger partial charge is 0.465 e. The second kappa shape index (κ2) is 3.29. The van der Waals surface area contributed by atoms with Crippen LogP contribution < -0.4 is 5.56 Å². The molecular formula is C10H11NO3. The molecule has 0 bridgehead atoms. The lowest BCUT2D eigenvalue weighted by Gasteiger charge is -2.04. The van der Waals surface area contributed by atoms with Crippen molar-refractivity contribution in [3.63, 3.8) is 0 Å². The third-order valence-corrected chi connectivity index (χ3v) is 2.57. The Hall–Kier alpha value is -1.58. The lowest BCUT2D eigenvalue weighted by atomic mass is 10.1. The van der Waals surface area contributed by atoms with Crippen molar-refractivity contribution in [3.8, 4) is 0 Å². The normalized spacial score (nSPS) is 13.8. The number of fused-ring (bicyclic) bond motifs is 1. The maximum Gasteiger partial charge on any atom is 0.339 e. The van der Waals surface area contributed by atoms with Gasteiger partial charge in [0.2, 0.25) is 0 Å². The van der Waals surface area contributed by atoms with Gasteiger partial charge in [-0.3, -0.25) is 4.79 Å². The molecule has 74 valence electrons. The summed E-state index contributed by atoms with van der Waals surface area (Å²) in [5, 5.41) is 0. The Morgan fingerprint density at radius 2 is 2.14 bits per heavy atom. The topological polar surface area (TPSA) is 59.2 Å². The van der Waals surface area contributed by atoms with Gasteiger partial charge >= 0.3 is 5.97 Å². The minimum absolute atomic E-state index is 0.0786. The highest BCUT2D eigenvalue weighted by molar-refractivity contribution is 5.91. The fourth-order valence-electron chi connectivity index (χ4n) is 1.90. The molecule has 0 amide bonds. The molecule has 14 heavy (non-hydrogen) atoms. The zero-order valence-corrected chi connectivity index (χ0v) is 7.92. The van der Waals surface area contributed by atoms with E-state index in [-0.39, 0.29) is 11.5 Å². The van der Waals surface area contributed by atoms with E-state index in [2.05, 4.69) is 9.72 Å². The molecule has 0 unspecified atom stereocenters. The van der Waals surface area contributed by atoms with E-state index in [1.807, 2.05) is 0 Å². The molecule has 2 rings (SSSR count). The van der Waals surface area contributed by atoms with Crippen LogP contribution >= 0.6 is 0 Å². The summed E-state index contributed by atoms with van der Waals surface area (Å²) in [6.45, 7) is 0. The predicted molar refractivity (Wildman–Crippen MR) is 50.4 cm³/mol. The highest BCUT2D eigenvalue weighted by Crippen LogP contribution is 2.21. The molecule has 0 saturated heterocycles. The Balaban J connectivity index is 2.59. The van der Waals surface area contributed by atoms with E-state index in [4.69, 9.17) is 0 Å². The zero-order chi connectivity index (χ0) is 10.1. The molecule has 0 fully saturated rings. The third-order valence-electron chi connectivity index (χ3n) is 2.57. The Morgan fingerprint density at radius 1 is 1.43 bits per heavy atom. The molecule has 0 aliphatic heterocycles. The summed E-state index contributed by atoms with van der Waals surface area (Å²) in [4.78, 5) is 25.3. The summed E-state index contributed by atoms with van der Waals surface area (Å²) in [6, 6.07) is 0. The monoisotopic (exact) mass is 193 g/mol. The maximum absolute atomic E-state index is 11.4. The predicted octanol–water partition coefficient (Wildman–Crippen LogP) is 0.650. The first-order valence-corrected chi connectivity index (χ1v) is 4.56. The van der Waals surface area contributed by atoms with Gasteiger partial charge in [0.25, 0.3) is 5.56 Å². The lowest BCUT2D eigenvalue weighted by molar-refractivity contribution is 0.0599. The number of rotatable bonds is 1. The summed E-state index contributed by atoms with van der Waals surface area (Å²) >= 11 is 0. The summed E-state index contributed by atoms with van der Waals surface area (Å²) in [5.74, 6) is -0.376. The van der Waals surface area contributed by atoms with Crippen molar-refractivity contribution in [3.05, 3.63) is 33.2 Å². The fraction of sp³-hybridized carbons (Fsp3) is 0.400. The van der Waals surface area contributed by atoms with Crippen molar-refractivity contribution in [2.24, 2.45) is 0 Å². The van der Waals surface area contributed by atoms with E-state index in [9.17, 15) is 9.59 Å². The van der Waals surface area contributed by atoms with Crippen LogP contribution in [0.2, 0.25) is 0 Å². The number of hydrogen-bond acceptors (Lipinski definition) is 3. The minimum Gasteiger partial charge on any atom is -0.465 e. The molecular weight excluding hydrogens is 182 g/mol. The van der Waals surface area contributed by atoms with Crippen molar-refractivity contribution in [1.29, 1.82) is 0 Å². The van der Waals surface area contributed by atoms with Gasteiger partial charge in [-0.2, -0.15) is 0 Å². The molecule has 1 aromatic heterocycles. The van der Waals surface area contributed by atoms with Gasteiger partial charge in [0.05, 0.1) is 12.7 Å². The van der Waals surface area contributed by atoms with Crippen LogP contribution in [0, 0.1) is 0 Å². The van der Waals surface area contributed by atoms with Crippen LogP contribution in [-0.4, -0.2) is 18.1 Å². The Morgan fingerprint density at radius 3 is 2.86 bits per heavy atom. The van der Waals surface area contributed by atoms with E-state index in [0.717, 1.165) is 30.4 Å². The van der Waals surface area contributed by atoms with Gasteiger partial charge in [-0.1, -0.05) is 0 Å². The quantitative estimate of drug-likeness (QED) is 0.666. The van der Waals surface area contributed by atoms with Gasteiger partial charge < -0.3 is 9.72 Å². The first-order valence-electron chi connectivity index (χ1n) is 4.56. The van der Waals surface area contributed by atoms with Gasteiger partial charge in [0.1, 0.15) is 0 Å². The number of aromatic amines is 1. The highest BCUT2D eigenvalue weighted by atomic mass is 16.5. The van der Waals surface area contributed by atoms with Gasteiger partial charge in [-0.15, -0.1) is 0 Å². The van der Waals surface area contributed by atoms with Crippen LogP contribution in [0.4, 0.5) is 0 Å². The number of esters is 1. The molecule has 1 N–H and O–H groups in total. The van der Waals surface area contributed by atoms with E-state index in [1.54, 1.807) is 0 Å². The number of hydrogen-bond donors (Lipinski definition) is 1. The first-order chi connectivity index (χ1) is 6.74. The molecule has 0 atom stereocenters. The minimum atomic E-state index is -0.376. The van der Waals surface area contributed by atoms with Crippen LogP contribution in [-0.2, 0) is 17.6 Å². The third kappa shape index (κ3) is 1.23. The molecule has 4 nitrogen and oxygen atoms in total. The first kappa shape index (κ1) is 8.99. The number of pyridine rings is 1. The van der Waals surface area contributed by atoms with E-state index >= 15 is 0 Å². The summed E-state index contributed by atoms with van der Waals surface area (Å²) < 4.78 is 4.64. The van der Waals surface area contributed by atoms with Crippen molar-refractivity contribution >= 4 is 5.97 Å². The Kier molecular flexibility index (Phi) is 2.11. The molecule has 0 saturated carbocycles. The molecule has 4 heteroatoms. The second-order valence-corrected chi connectivity index (χ2v) is 3.33. The molecule has 0 spiro atoms. The number of aromatic nitrogens is 1. The van der Waals surface area contributed by atoms with Gasteiger partial charge in [-0.05, 0) is 24.8 Å². The van der Waals surface area contributed by atoms with Crippen LogP contribution in [0.25, 0.3) is 0 Å². The standard InChI is InChI=1S/C10H11NO3/c1-14-10(13)8-5-11-9(12)7-4-2-3-6(7)8/h5H,2-4H2,1H3,(H,11,12). The van der Waals surface area contributed by atoms with Crippen LogP contribution in [0.1, 0.15) is 27.9 Å². The summed E-state index contributed by atoms with van der Waals surface area (Å²) in [5.41, 5.74) is 2.03. The molecule has 0 radical (unpaired) electrons. The lowest BCUT2D eigenvalue weighted by Crippen LogP contribution is -2.16. The summed E-state index contributed by atoms with van der Waals surface area (Å²) in [7, 11) is 1.34. The average Bonchev–Trinajstić information content (AvgIpc) is 2.67. The second-order valence-electron chi connectivity index (χ2n) is 3.33. The Labute approximate surface area is 80.9 Å². The van der Waals surface area contributed by atoms with Crippen LogP contribution in [0.3, 0.4) is 0 Å². The number of carbonyl (C=O) groups excluding carboxylic acids is 1. The number of methoxy groups -OCH3 is 1. The number of ether oxygens (including phenoxy) is 1. The molecule has 1 aromatic rings. The van der Waals surface area contributed by atoms with E-state index < -0.39 is 0 Å². The molecule has 1 heterocycles. The summed E-state index contributed by atoms with van der Waals surface area (Å²) in [6.07, 6.45) is 3.93. The smallest absolute Gasteiger partial charge is 0.339 e. The van der Waals surface area contributed by atoms with Crippen molar-refractivity contribution in [2.45, 2.75) is 19.3 Å². The fourth-order valence-corrected chi connectivity index (χ4v) is 1.90. The van der Waals surface area contributed by atoms with Gasteiger partial charge in [0, 0.05) is 11.8 Å². The van der Waals surface area contributed by atoms with Crippen molar-refractivity contribution in [2.75, 3.05) is 7.11 Å². The molecule has 1 aliphatic carbocycles. The highest BCUT2D eigenvalue weighted by Gasteiger charge is 2.21. The van der Waals surface area contributed by atoms with Crippen LogP contribution in [0.15, 0.2) is 11.0 Å². The van der Waals surface area contributed by atoms with Gasteiger partial charge in [0.15, 0.2) is 0 Å². The Bertz CT molecular complexity index is 433. The average molecular weight is 193 g/mol. The van der Waals surface area contributed by atoms with Crippen molar-refractivity contribution in [1.82, 2.24) is 4.98 Å². The van der Waals surface area contributed by atoms with E-state index in [1.165, 1.54) is 13.3 Å². The van der Waals surface area contributed by atoms with E-state index in [0.29, 0.717) is 5.56 Å². The number of H-pyrrole nitrogens is 1. The maximum atomic E-state index is 11.4. The van der Waals surface area contributed by atoms with Crippen LogP contribution in [0.5, 0.6) is 0 Å².